The molecular weight excluding hydrogens is 273 g/mol. The smallest absolute Gasteiger partial charge is 0.149 e. The van der Waals surface area contributed by atoms with E-state index in [1.165, 1.54) is 6.07 Å². The average Bonchev–Trinajstić information content (AvgIpc) is 2.37. The summed E-state index contributed by atoms with van der Waals surface area (Å²) in [6.45, 7) is 0. The minimum Gasteiger partial charge on any atom is -0.321 e. The Bertz CT molecular complexity index is 414. The van der Waals surface area contributed by atoms with E-state index in [0.717, 1.165) is 5.75 Å². The third-order valence-corrected chi connectivity index (χ3v) is 3.65. The van der Waals surface area contributed by atoms with Crippen LogP contribution in [0, 0.1) is 5.82 Å². The van der Waals surface area contributed by atoms with Crippen LogP contribution >= 0.6 is 23.4 Å². The number of aryl methyl sites for hydroxylation is 1. The molecule has 18 heavy (non-hydrogen) atoms. The van der Waals surface area contributed by atoms with Crippen LogP contribution in [0.3, 0.4) is 0 Å². The molecule has 2 nitrogen and oxygen atoms in total. The minimum atomic E-state index is -0.445. The van der Waals surface area contributed by atoms with E-state index < -0.39 is 11.9 Å². The molecule has 0 radical (unpaired) electrons. The first-order valence-corrected chi connectivity index (χ1v) is 7.53. The van der Waals surface area contributed by atoms with Crippen molar-refractivity contribution < 1.29 is 9.18 Å². The van der Waals surface area contributed by atoms with Gasteiger partial charge < -0.3 is 5.73 Å². The Morgan fingerprint density at radius 1 is 1.56 bits per heavy atom. The van der Waals surface area contributed by atoms with Gasteiger partial charge >= 0.3 is 0 Å². The summed E-state index contributed by atoms with van der Waals surface area (Å²) in [4.78, 5) is 11.7. The van der Waals surface area contributed by atoms with Gasteiger partial charge in [-0.25, -0.2) is 4.39 Å². The Hall–Kier alpha value is -0.580. The number of thioether (sulfide) groups is 1. The lowest BCUT2D eigenvalue weighted by molar-refractivity contribution is -0.120. The summed E-state index contributed by atoms with van der Waals surface area (Å²) >= 11 is 7.33. The van der Waals surface area contributed by atoms with Gasteiger partial charge in [0.2, 0.25) is 0 Å². The molecule has 0 spiro atoms. The van der Waals surface area contributed by atoms with Crippen LogP contribution in [-0.4, -0.2) is 23.8 Å². The Kier molecular flexibility index (Phi) is 6.68. The van der Waals surface area contributed by atoms with Crippen LogP contribution in [0.2, 0.25) is 5.02 Å². The van der Waals surface area contributed by atoms with Crippen molar-refractivity contribution in [2.24, 2.45) is 5.73 Å². The van der Waals surface area contributed by atoms with Gasteiger partial charge in [0.05, 0.1) is 11.1 Å². The van der Waals surface area contributed by atoms with Crippen LogP contribution in [0.4, 0.5) is 4.39 Å². The largest absolute Gasteiger partial charge is 0.321 e. The number of benzene rings is 1. The lowest BCUT2D eigenvalue weighted by Crippen LogP contribution is -2.31. The van der Waals surface area contributed by atoms with Crippen LogP contribution in [0.5, 0.6) is 0 Å². The number of halogens is 2. The number of nitrogens with two attached hydrogens (primary N) is 1. The number of hydrogen-bond acceptors (Lipinski definition) is 3. The Labute approximate surface area is 116 Å². The zero-order valence-corrected chi connectivity index (χ0v) is 11.9. The molecule has 0 aromatic heterocycles. The molecule has 5 heteroatoms. The Morgan fingerprint density at radius 2 is 2.28 bits per heavy atom. The quantitative estimate of drug-likeness (QED) is 0.839. The number of carbonyl (C=O) groups excluding carboxylic acids is 1. The molecule has 0 heterocycles. The third-order valence-electron chi connectivity index (χ3n) is 2.72. The van der Waals surface area contributed by atoms with Crippen molar-refractivity contribution >= 4 is 29.1 Å². The molecule has 1 rings (SSSR count). The summed E-state index contributed by atoms with van der Waals surface area (Å²) in [5.74, 6) is 0.395. The molecule has 0 aliphatic carbocycles. The fraction of sp³-hybridized carbons (Fsp3) is 0.462. The molecule has 0 unspecified atom stereocenters. The second-order valence-corrected chi connectivity index (χ2v) is 5.46. The van der Waals surface area contributed by atoms with E-state index >= 15 is 0 Å². The first-order chi connectivity index (χ1) is 8.56. The first kappa shape index (κ1) is 15.5. The first-order valence-electron chi connectivity index (χ1n) is 5.76. The summed E-state index contributed by atoms with van der Waals surface area (Å²) < 4.78 is 13.6. The SMILES string of the molecule is CSCC[C@H](N)C(=O)CCc1cccc(Cl)c1F. The maximum atomic E-state index is 13.6. The molecule has 0 aliphatic rings. The zero-order chi connectivity index (χ0) is 13.5. The number of ketones is 1. The summed E-state index contributed by atoms with van der Waals surface area (Å²) in [5, 5.41) is 0.0895. The van der Waals surface area contributed by atoms with Gasteiger partial charge in [-0.05, 0) is 36.5 Å². The maximum Gasteiger partial charge on any atom is 0.149 e. The number of carbonyl (C=O) groups is 1. The normalized spacial score (nSPS) is 12.4. The van der Waals surface area contributed by atoms with E-state index in [0.29, 0.717) is 18.4 Å². The molecule has 0 amide bonds. The van der Waals surface area contributed by atoms with Crippen molar-refractivity contribution in [1.82, 2.24) is 0 Å². The minimum absolute atomic E-state index is 0.0246. The molecule has 1 atom stereocenters. The Morgan fingerprint density at radius 3 is 2.94 bits per heavy atom. The van der Waals surface area contributed by atoms with E-state index in [9.17, 15) is 9.18 Å². The molecule has 0 saturated carbocycles. The van der Waals surface area contributed by atoms with Crippen molar-refractivity contribution in [2.45, 2.75) is 25.3 Å². The molecule has 1 aromatic rings. The fourth-order valence-electron chi connectivity index (χ4n) is 1.59. The Balaban J connectivity index is 2.49. The van der Waals surface area contributed by atoms with E-state index in [1.807, 2.05) is 6.26 Å². The van der Waals surface area contributed by atoms with Gasteiger partial charge in [0, 0.05) is 6.42 Å². The molecule has 0 fully saturated rings. The van der Waals surface area contributed by atoms with Gasteiger partial charge in [-0.3, -0.25) is 4.79 Å². The average molecular weight is 290 g/mol. The topological polar surface area (TPSA) is 43.1 Å². The van der Waals surface area contributed by atoms with Crippen LogP contribution in [0.1, 0.15) is 18.4 Å². The summed E-state index contributed by atoms with van der Waals surface area (Å²) in [7, 11) is 0. The predicted molar refractivity (Wildman–Crippen MR) is 75.7 cm³/mol. The summed E-state index contributed by atoms with van der Waals surface area (Å²) in [6.07, 6.45) is 3.24. The van der Waals surface area contributed by atoms with Crippen molar-refractivity contribution in [3.8, 4) is 0 Å². The van der Waals surface area contributed by atoms with Crippen molar-refractivity contribution in [3.63, 3.8) is 0 Å². The lowest BCUT2D eigenvalue weighted by atomic mass is 10.0. The highest BCUT2D eigenvalue weighted by Gasteiger charge is 2.14. The van der Waals surface area contributed by atoms with Crippen molar-refractivity contribution in [2.75, 3.05) is 12.0 Å². The molecular formula is C13H17ClFNOS. The third kappa shape index (κ3) is 4.59. The molecule has 0 bridgehead atoms. The van der Waals surface area contributed by atoms with Crippen LogP contribution < -0.4 is 5.73 Å². The highest BCUT2D eigenvalue weighted by molar-refractivity contribution is 7.98. The van der Waals surface area contributed by atoms with E-state index in [2.05, 4.69) is 0 Å². The van der Waals surface area contributed by atoms with Gasteiger partial charge in [-0.1, -0.05) is 23.7 Å². The van der Waals surface area contributed by atoms with Gasteiger partial charge in [0.25, 0.3) is 0 Å². The summed E-state index contributed by atoms with van der Waals surface area (Å²) in [6, 6.07) is 4.37. The second kappa shape index (κ2) is 7.77. The number of Topliss-reactive ketones (excluding diaryl/α,β-unsaturated/α-hetero) is 1. The monoisotopic (exact) mass is 289 g/mol. The van der Waals surface area contributed by atoms with Gasteiger partial charge in [-0.2, -0.15) is 11.8 Å². The fourth-order valence-corrected chi connectivity index (χ4v) is 2.27. The van der Waals surface area contributed by atoms with E-state index in [-0.39, 0.29) is 17.2 Å². The van der Waals surface area contributed by atoms with Crippen LogP contribution in [0.15, 0.2) is 18.2 Å². The molecule has 2 N–H and O–H groups in total. The summed E-state index contributed by atoms with van der Waals surface area (Å²) in [5.41, 5.74) is 6.22. The number of hydrogen-bond donors (Lipinski definition) is 1. The molecule has 0 saturated heterocycles. The van der Waals surface area contributed by atoms with E-state index in [1.54, 1.807) is 23.9 Å². The van der Waals surface area contributed by atoms with E-state index in [4.69, 9.17) is 17.3 Å². The number of rotatable bonds is 7. The predicted octanol–water partition coefficient (Wildman–Crippen LogP) is 3.06. The van der Waals surface area contributed by atoms with Gasteiger partial charge in [0.1, 0.15) is 11.6 Å². The second-order valence-electron chi connectivity index (χ2n) is 4.07. The van der Waals surface area contributed by atoms with Gasteiger partial charge in [-0.15, -0.1) is 0 Å². The van der Waals surface area contributed by atoms with Crippen molar-refractivity contribution in [3.05, 3.63) is 34.6 Å². The van der Waals surface area contributed by atoms with Crippen LogP contribution in [-0.2, 0) is 11.2 Å². The molecule has 100 valence electrons. The molecule has 0 aliphatic heterocycles. The van der Waals surface area contributed by atoms with Crippen molar-refractivity contribution in [1.29, 1.82) is 0 Å². The highest BCUT2D eigenvalue weighted by atomic mass is 35.5. The van der Waals surface area contributed by atoms with Gasteiger partial charge in [0.15, 0.2) is 0 Å². The highest BCUT2D eigenvalue weighted by Crippen LogP contribution is 2.19. The standard InChI is InChI=1S/C13H17ClFNOS/c1-18-8-7-11(16)12(17)6-5-9-3-2-4-10(14)13(9)15/h2-4,11H,5-8,16H2,1H3/t11-/m0/s1. The maximum absolute atomic E-state index is 13.6. The van der Waals surface area contributed by atoms with Crippen LogP contribution in [0.25, 0.3) is 0 Å². The lowest BCUT2D eigenvalue weighted by Gasteiger charge is -2.10. The molecule has 1 aromatic carbocycles. The zero-order valence-electron chi connectivity index (χ0n) is 10.3.